The van der Waals surface area contributed by atoms with Crippen molar-refractivity contribution in [3.63, 3.8) is 0 Å². The highest BCUT2D eigenvalue weighted by molar-refractivity contribution is 5.67. The highest BCUT2D eigenvalue weighted by Gasteiger charge is 2.18. The molecule has 0 aliphatic rings. The third-order valence-electron chi connectivity index (χ3n) is 3.20. The summed E-state index contributed by atoms with van der Waals surface area (Å²) in [5, 5.41) is 25.5. The molecule has 1 N–H and O–H groups in total. The number of ether oxygens (including phenoxy) is 1. The normalized spacial score (nSPS) is 10.6. The number of hydrazone groups is 1. The first-order chi connectivity index (χ1) is 11.9. The molecule has 0 atom stereocenters. The molecular weight excluding hydrogens is 332 g/mol. The highest BCUT2D eigenvalue weighted by Crippen LogP contribution is 2.28. The standard InChI is InChI=1S/C15H20N4O6/c1-12(20)25-10-6-4-2-3-5-9-16-17-14-8-7-13(18(21)22)11-15(14)19(23)24/h7-9,11,17H,2-6,10H2,1H3/b16-9-. The molecule has 0 amide bonds. The number of nitrogens with zero attached hydrogens (tertiary/aromatic N) is 3. The van der Waals surface area contributed by atoms with Crippen LogP contribution in [0.15, 0.2) is 23.3 Å². The van der Waals surface area contributed by atoms with Crippen molar-refractivity contribution in [3.05, 3.63) is 38.4 Å². The van der Waals surface area contributed by atoms with Gasteiger partial charge in [0, 0.05) is 19.2 Å². The Hall–Kier alpha value is -3.04. The minimum atomic E-state index is -0.700. The number of anilines is 1. The van der Waals surface area contributed by atoms with Crippen LogP contribution in [0.4, 0.5) is 17.1 Å². The summed E-state index contributed by atoms with van der Waals surface area (Å²) >= 11 is 0. The number of carbonyl (C=O) groups excluding carboxylic acids is 1. The van der Waals surface area contributed by atoms with Crippen molar-refractivity contribution in [2.75, 3.05) is 12.0 Å². The van der Waals surface area contributed by atoms with Crippen LogP contribution in [0.2, 0.25) is 0 Å². The molecule has 1 aromatic rings. The van der Waals surface area contributed by atoms with Gasteiger partial charge in [0.15, 0.2) is 0 Å². The minimum Gasteiger partial charge on any atom is -0.466 e. The fourth-order valence-electron chi connectivity index (χ4n) is 1.97. The Morgan fingerprint density at radius 3 is 2.56 bits per heavy atom. The number of benzene rings is 1. The van der Waals surface area contributed by atoms with E-state index in [9.17, 15) is 25.0 Å². The number of hydrogen-bond donors (Lipinski definition) is 1. The van der Waals surface area contributed by atoms with Crippen molar-refractivity contribution in [2.45, 2.75) is 39.0 Å². The Morgan fingerprint density at radius 2 is 1.92 bits per heavy atom. The highest BCUT2D eigenvalue weighted by atomic mass is 16.6. The SMILES string of the molecule is CC(=O)OCCCCCC/C=N\Nc1ccc([N+](=O)[O-])cc1[N+](=O)[O-]. The van der Waals surface area contributed by atoms with Crippen molar-refractivity contribution in [2.24, 2.45) is 5.10 Å². The maximum Gasteiger partial charge on any atom is 0.302 e. The molecule has 136 valence electrons. The van der Waals surface area contributed by atoms with Crippen molar-refractivity contribution < 1.29 is 19.4 Å². The molecule has 0 aromatic heterocycles. The second-order valence-corrected chi connectivity index (χ2v) is 5.18. The molecule has 25 heavy (non-hydrogen) atoms. The second kappa shape index (κ2) is 10.7. The summed E-state index contributed by atoms with van der Waals surface area (Å²) in [6.07, 6.45) is 5.85. The Morgan fingerprint density at radius 1 is 1.20 bits per heavy atom. The first-order valence-electron chi connectivity index (χ1n) is 7.75. The molecule has 0 saturated carbocycles. The molecule has 0 unspecified atom stereocenters. The van der Waals surface area contributed by atoms with E-state index < -0.39 is 15.5 Å². The number of hydrogen-bond acceptors (Lipinski definition) is 8. The van der Waals surface area contributed by atoms with Gasteiger partial charge in [-0.3, -0.25) is 30.4 Å². The van der Waals surface area contributed by atoms with Gasteiger partial charge in [0.05, 0.1) is 22.5 Å². The average Bonchev–Trinajstić information content (AvgIpc) is 2.56. The molecule has 10 heteroatoms. The molecular formula is C15H20N4O6. The molecule has 1 aromatic carbocycles. The number of nitro groups is 2. The Labute approximate surface area is 144 Å². The van der Waals surface area contributed by atoms with Gasteiger partial charge in [-0.05, 0) is 25.3 Å². The number of nitrogens with one attached hydrogen (secondary N) is 1. The van der Waals surface area contributed by atoms with E-state index in [1.807, 2.05) is 0 Å². The van der Waals surface area contributed by atoms with Gasteiger partial charge >= 0.3 is 11.7 Å². The van der Waals surface area contributed by atoms with Crippen molar-refractivity contribution >= 4 is 29.2 Å². The molecule has 0 bridgehead atoms. The van der Waals surface area contributed by atoms with Crippen LogP contribution in [0, 0.1) is 20.2 Å². The van der Waals surface area contributed by atoms with Crippen LogP contribution in [0.5, 0.6) is 0 Å². The van der Waals surface area contributed by atoms with Gasteiger partial charge in [0.1, 0.15) is 5.69 Å². The third-order valence-corrected chi connectivity index (χ3v) is 3.20. The number of non-ortho nitro benzene ring substituents is 1. The Balaban J connectivity index is 2.35. The van der Waals surface area contributed by atoms with Crippen molar-refractivity contribution in [1.29, 1.82) is 0 Å². The van der Waals surface area contributed by atoms with Gasteiger partial charge in [-0.15, -0.1) is 0 Å². The topological polar surface area (TPSA) is 137 Å². The summed E-state index contributed by atoms with van der Waals surface area (Å²) in [6, 6.07) is 3.32. The maximum atomic E-state index is 11.0. The van der Waals surface area contributed by atoms with Crippen LogP contribution in [0.1, 0.15) is 39.0 Å². The molecule has 1 rings (SSSR count). The van der Waals surface area contributed by atoms with E-state index in [1.165, 1.54) is 19.1 Å². The third kappa shape index (κ3) is 7.86. The Kier molecular flexibility index (Phi) is 8.55. The molecule has 0 radical (unpaired) electrons. The summed E-state index contributed by atoms with van der Waals surface area (Å²) in [5.74, 6) is -0.279. The first-order valence-corrected chi connectivity index (χ1v) is 7.75. The number of unbranched alkanes of at least 4 members (excludes halogenated alkanes) is 4. The predicted molar refractivity (Wildman–Crippen MR) is 91.6 cm³/mol. The van der Waals surface area contributed by atoms with E-state index in [0.717, 1.165) is 31.7 Å². The molecule has 0 aliphatic heterocycles. The van der Waals surface area contributed by atoms with Crippen LogP contribution in [-0.4, -0.2) is 28.6 Å². The van der Waals surface area contributed by atoms with Crippen molar-refractivity contribution in [3.8, 4) is 0 Å². The molecule has 0 fully saturated rings. The lowest BCUT2D eigenvalue weighted by molar-refractivity contribution is -0.393. The van der Waals surface area contributed by atoms with Gasteiger partial charge in [0.2, 0.25) is 0 Å². The monoisotopic (exact) mass is 352 g/mol. The summed E-state index contributed by atoms with van der Waals surface area (Å²) < 4.78 is 4.82. The van der Waals surface area contributed by atoms with E-state index in [1.54, 1.807) is 6.21 Å². The van der Waals surface area contributed by atoms with E-state index in [2.05, 4.69) is 10.5 Å². The average molecular weight is 352 g/mol. The largest absolute Gasteiger partial charge is 0.466 e. The second-order valence-electron chi connectivity index (χ2n) is 5.18. The predicted octanol–water partition coefficient (Wildman–Crippen LogP) is 3.41. The number of nitro benzene ring substituents is 2. The van der Waals surface area contributed by atoms with Gasteiger partial charge in [-0.1, -0.05) is 12.8 Å². The summed E-state index contributed by atoms with van der Waals surface area (Å²) in [4.78, 5) is 30.8. The fourth-order valence-corrected chi connectivity index (χ4v) is 1.97. The number of carbonyl (C=O) groups is 1. The molecule has 0 saturated heterocycles. The van der Waals surface area contributed by atoms with Crippen molar-refractivity contribution in [1.82, 2.24) is 0 Å². The van der Waals surface area contributed by atoms with Crippen LogP contribution in [0.3, 0.4) is 0 Å². The van der Waals surface area contributed by atoms with Crippen LogP contribution < -0.4 is 5.43 Å². The lowest BCUT2D eigenvalue weighted by Gasteiger charge is -2.02. The van der Waals surface area contributed by atoms with Crippen LogP contribution in [0.25, 0.3) is 0 Å². The van der Waals surface area contributed by atoms with Gasteiger partial charge in [-0.25, -0.2) is 0 Å². The molecule has 10 nitrogen and oxygen atoms in total. The van der Waals surface area contributed by atoms with Crippen LogP contribution >= 0.6 is 0 Å². The quantitative estimate of drug-likeness (QED) is 0.212. The summed E-state index contributed by atoms with van der Waals surface area (Å²) in [5.41, 5.74) is 1.87. The summed E-state index contributed by atoms with van der Waals surface area (Å²) in [7, 11) is 0. The number of esters is 1. The van der Waals surface area contributed by atoms with E-state index in [-0.39, 0.29) is 17.3 Å². The van der Waals surface area contributed by atoms with E-state index >= 15 is 0 Å². The van der Waals surface area contributed by atoms with Crippen LogP contribution in [-0.2, 0) is 9.53 Å². The smallest absolute Gasteiger partial charge is 0.302 e. The lowest BCUT2D eigenvalue weighted by atomic mass is 10.2. The zero-order valence-corrected chi connectivity index (χ0v) is 13.8. The zero-order chi connectivity index (χ0) is 18.7. The van der Waals surface area contributed by atoms with E-state index in [4.69, 9.17) is 4.74 Å². The number of rotatable bonds is 11. The minimum absolute atomic E-state index is 0.0910. The molecule has 0 heterocycles. The lowest BCUT2D eigenvalue weighted by Crippen LogP contribution is -2.00. The Bertz CT molecular complexity index is 647. The maximum absolute atomic E-state index is 11.0. The molecule has 0 spiro atoms. The van der Waals surface area contributed by atoms with Gasteiger partial charge in [-0.2, -0.15) is 5.10 Å². The summed E-state index contributed by atoms with van der Waals surface area (Å²) in [6.45, 7) is 1.80. The first kappa shape index (κ1) is 20.0. The van der Waals surface area contributed by atoms with Gasteiger partial charge in [0.25, 0.3) is 5.69 Å². The fraction of sp³-hybridized carbons (Fsp3) is 0.467. The molecule has 0 aliphatic carbocycles. The van der Waals surface area contributed by atoms with Gasteiger partial charge < -0.3 is 4.74 Å². The zero-order valence-electron chi connectivity index (χ0n) is 13.8. The van der Waals surface area contributed by atoms with E-state index in [0.29, 0.717) is 13.0 Å².